The predicted molar refractivity (Wildman–Crippen MR) is 210 cm³/mol. The number of ether oxygens (including phenoxy) is 2. The molecule has 6 aromatic rings. The molecule has 302 valence electrons. The number of carboxylic acid groups (broad SMARTS) is 2. The Labute approximate surface area is 341 Å². The number of aromatic carboxylic acids is 2. The SMILES string of the molecule is COc1ccc(Cl)c(-c2cc(F)c(NC(=O)c3ccccc3C(=O)O)c(F)c2)c1.O=C(O)c1ccccc1C(=O)Nc1c(F)cc(-c2cccc(OC(F)F)c2)cc1Cl. The van der Waals surface area contributed by atoms with Crippen molar-refractivity contribution in [2.75, 3.05) is 17.7 Å². The number of methoxy groups -OCH3 is 1. The van der Waals surface area contributed by atoms with Crippen LogP contribution in [0.25, 0.3) is 22.3 Å². The fourth-order valence-electron chi connectivity index (χ4n) is 5.51. The van der Waals surface area contributed by atoms with Crippen LogP contribution in [0.15, 0.2) is 115 Å². The van der Waals surface area contributed by atoms with Gasteiger partial charge in [-0.15, -0.1) is 0 Å². The first-order chi connectivity index (χ1) is 28.1. The summed E-state index contributed by atoms with van der Waals surface area (Å²) in [5.74, 6) is -7.08. The smallest absolute Gasteiger partial charge is 0.387 e. The van der Waals surface area contributed by atoms with Crippen LogP contribution in [0, 0.1) is 17.5 Å². The lowest BCUT2D eigenvalue weighted by Gasteiger charge is -2.13. The summed E-state index contributed by atoms with van der Waals surface area (Å²) in [4.78, 5) is 47.4. The molecule has 59 heavy (non-hydrogen) atoms. The largest absolute Gasteiger partial charge is 0.497 e. The van der Waals surface area contributed by atoms with Crippen LogP contribution < -0.4 is 20.1 Å². The summed E-state index contributed by atoms with van der Waals surface area (Å²) in [6, 6.07) is 25.5. The number of nitrogens with one attached hydrogen (secondary N) is 2. The molecule has 0 heterocycles. The van der Waals surface area contributed by atoms with Gasteiger partial charge in [0.1, 0.15) is 34.6 Å². The van der Waals surface area contributed by atoms with E-state index in [0.717, 1.165) is 18.2 Å². The highest BCUT2D eigenvalue weighted by Crippen LogP contribution is 2.36. The van der Waals surface area contributed by atoms with E-state index >= 15 is 0 Å². The van der Waals surface area contributed by atoms with Gasteiger partial charge in [0.25, 0.3) is 11.8 Å². The average molecular weight is 854 g/mol. The molecule has 0 saturated carbocycles. The molecule has 17 heteroatoms. The zero-order chi connectivity index (χ0) is 43.0. The van der Waals surface area contributed by atoms with Gasteiger partial charge in [-0.25, -0.2) is 22.8 Å². The third kappa shape index (κ3) is 10.5. The van der Waals surface area contributed by atoms with E-state index in [9.17, 15) is 51.3 Å². The molecule has 0 unspecified atom stereocenters. The number of benzene rings is 6. The van der Waals surface area contributed by atoms with E-state index in [4.69, 9.17) is 27.9 Å². The van der Waals surface area contributed by atoms with Crippen molar-refractivity contribution in [2.45, 2.75) is 6.61 Å². The Morgan fingerprint density at radius 3 is 1.58 bits per heavy atom. The van der Waals surface area contributed by atoms with Crippen molar-refractivity contribution in [3.8, 4) is 33.8 Å². The van der Waals surface area contributed by atoms with Crippen LogP contribution >= 0.6 is 23.2 Å². The molecule has 4 N–H and O–H groups in total. The van der Waals surface area contributed by atoms with Crippen LogP contribution in [-0.2, 0) is 0 Å². The van der Waals surface area contributed by atoms with Crippen molar-refractivity contribution < 1.29 is 60.8 Å². The molecule has 6 rings (SSSR count). The first-order valence-electron chi connectivity index (χ1n) is 16.7. The minimum atomic E-state index is -3.01. The molecule has 0 fully saturated rings. The van der Waals surface area contributed by atoms with Gasteiger partial charge >= 0.3 is 18.6 Å². The van der Waals surface area contributed by atoms with Gasteiger partial charge in [-0.05, 0) is 95.6 Å². The third-order valence-electron chi connectivity index (χ3n) is 8.24. The zero-order valence-corrected chi connectivity index (χ0v) is 31.5. The Hall–Kier alpha value is -6.97. The molecular weight excluding hydrogens is 826 g/mol. The molecule has 0 radical (unpaired) electrons. The van der Waals surface area contributed by atoms with Gasteiger partial charge in [-0.3, -0.25) is 9.59 Å². The molecule has 0 aliphatic heterocycles. The Morgan fingerprint density at radius 1 is 0.559 bits per heavy atom. The zero-order valence-electron chi connectivity index (χ0n) is 30.0. The Morgan fingerprint density at radius 2 is 1.07 bits per heavy atom. The van der Waals surface area contributed by atoms with Crippen LogP contribution in [0.1, 0.15) is 41.4 Å². The quantitative estimate of drug-likeness (QED) is 0.0941. The summed E-state index contributed by atoms with van der Waals surface area (Å²) in [5, 5.41) is 22.8. The van der Waals surface area contributed by atoms with E-state index in [1.807, 2.05) is 0 Å². The molecule has 0 aromatic heterocycles. The van der Waals surface area contributed by atoms with E-state index in [1.54, 1.807) is 12.1 Å². The van der Waals surface area contributed by atoms with Crippen molar-refractivity contribution in [3.63, 3.8) is 0 Å². The third-order valence-corrected chi connectivity index (χ3v) is 8.87. The molecule has 6 aromatic carbocycles. The second-order valence-corrected chi connectivity index (χ2v) is 12.8. The molecule has 10 nitrogen and oxygen atoms in total. The minimum absolute atomic E-state index is 0.110. The highest BCUT2D eigenvalue weighted by atomic mass is 35.5. The predicted octanol–water partition coefficient (Wildman–Crippen LogP) is 10.9. The monoisotopic (exact) mass is 852 g/mol. The summed E-state index contributed by atoms with van der Waals surface area (Å²) in [5.41, 5.74) is -0.844. The number of amides is 2. The number of halogens is 7. The van der Waals surface area contributed by atoms with Gasteiger partial charge in [0.05, 0.1) is 40.1 Å². The second kappa shape index (κ2) is 19.0. The highest BCUT2D eigenvalue weighted by Gasteiger charge is 2.22. The lowest BCUT2D eigenvalue weighted by Crippen LogP contribution is -2.18. The molecule has 2 amide bonds. The number of hydrogen-bond acceptors (Lipinski definition) is 6. The number of anilines is 2. The maximum absolute atomic E-state index is 14.7. The lowest BCUT2D eigenvalue weighted by atomic mass is 10.0. The topological polar surface area (TPSA) is 151 Å². The van der Waals surface area contributed by atoms with E-state index in [2.05, 4.69) is 15.4 Å². The molecular formula is C42H27Cl2F5N2O8. The van der Waals surface area contributed by atoms with Crippen molar-refractivity contribution in [1.82, 2.24) is 0 Å². The number of carbonyl (C=O) groups excluding carboxylic acids is 2. The molecule has 0 atom stereocenters. The first-order valence-corrected chi connectivity index (χ1v) is 17.5. The number of hydrogen-bond donors (Lipinski definition) is 4. The lowest BCUT2D eigenvalue weighted by molar-refractivity contribution is -0.0498. The average Bonchev–Trinajstić information content (AvgIpc) is 3.20. The molecule has 0 bridgehead atoms. The molecule has 0 spiro atoms. The Balaban J connectivity index is 0.000000224. The number of carbonyl (C=O) groups is 4. The van der Waals surface area contributed by atoms with Gasteiger partial charge in [-0.1, -0.05) is 59.6 Å². The number of carboxylic acids is 2. The van der Waals surface area contributed by atoms with Gasteiger partial charge in [0, 0.05) is 10.6 Å². The number of rotatable bonds is 11. The molecule has 0 aliphatic carbocycles. The second-order valence-electron chi connectivity index (χ2n) is 12.0. The van der Waals surface area contributed by atoms with Crippen LogP contribution in [0.3, 0.4) is 0 Å². The summed E-state index contributed by atoms with van der Waals surface area (Å²) in [6.45, 7) is -3.01. The van der Waals surface area contributed by atoms with Crippen molar-refractivity contribution in [2.24, 2.45) is 0 Å². The normalized spacial score (nSPS) is 10.6. The van der Waals surface area contributed by atoms with Crippen molar-refractivity contribution >= 4 is 58.3 Å². The van der Waals surface area contributed by atoms with Crippen LogP contribution in [-0.4, -0.2) is 47.7 Å². The minimum Gasteiger partial charge on any atom is -0.497 e. The Bertz CT molecular complexity index is 2550. The fourth-order valence-corrected chi connectivity index (χ4v) is 5.99. The van der Waals surface area contributed by atoms with Crippen molar-refractivity contribution in [1.29, 1.82) is 0 Å². The summed E-state index contributed by atoms with van der Waals surface area (Å²) in [7, 11) is 1.45. The number of alkyl halides is 2. The summed E-state index contributed by atoms with van der Waals surface area (Å²) >= 11 is 12.2. The van der Waals surface area contributed by atoms with E-state index in [1.165, 1.54) is 92.0 Å². The maximum atomic E-state index is 14.7. The van der Waals surface area contributed by atoms with E-state index in [0.29, 0.717) is 16.9 Å². The molecule has 0 aliphatic rings. The first kappa shape index (κ1) is 43.2. The van der Waals surface area contributed by atoms with Crippen LogP contribution in [0.4, 0.5) is 33.3 Å². The summed E-state index contributed by atoms with van der Waals surface area (Å²) in [6.07, 6.45) is 0. The fraction of sp³-hybridized carbons (Fsp3) is 0.0476. The summed E-state index contributed by atoms with van der Waals surface area (Å²) < 4.78 is 78.1. The molecule has 0 saturated heterocycles. The van der Waals surface area contributed by atoms with Gasteiger partial charge in [0.2, 0.25) is 0 Å². The van der Waals surface area contributed by atoms with E-state index in [-0.39, 0.29) is 54.9 Å². The standard InChI is InChI=1S/C21H13ClF3NO4.C21H14ClF2NO4/c22-16-9-12(11-4-3-5-13(8-11)30-21(24)25)10-17(23)18(16)26-19(27)14-6-1-2-7-15(14)20(28)29;1-29-12-6-7-16(22)15(10-12)11-8-17(23)19(18(24)9-11)25-20(26)13-4-2-3-5-14(13)21(27)28/h1-10,21H,(H,26,27)(H,28,29);2-10H,1H3,(H,25,26)(H,27,28). The van der Waals surface area contributed by atoms with Gasteiger partial charge < -0.3 is 30.3 Å². The van der Waals surface area contributed by atoms with E-state index < -0.39 is 53.5 Å². The van der Waals surface area contributed by atoms with Gasteiger partial charge in [-0.2, -0.15) is 8.78 Å². The van der Waals surface area contributed by atoms with Crippen LogP contribution in [0.2, 0.25) is 10.0 Å². The van der Waals surface area contributed by atoms with Crippen LogP contribution in [0.5, 0.6) is 11.5 Å². The van der Waals surface area contributed by atoms with Crippen molar-refractivity contribution in [3.05, 3.63) is 165 Å². The maximum Gasteiger partial charge on any atom is 0.387 e. The highest BCUT2D eigenvalue weighted by molar-refractivity contribution is 6.34. The Kier molecular flexibility index (Phi) is 13.9. The van der Waals surface area contributed by atoms with Gasteiger partial charge in [0.15, 0.2) is 0 Å².